The number of carbonyl (C=O) groups excluding carboxylic acids is 1. The van der Waals surface area contributed by atoms with Crippen molar-refractivity contribution in [2.75, 3.05) is 13.2 Å². The van der Waals surface area contributed by atoms with Gasteiger partial charge in [0.25, 0.3) is 0 Å². The number of hydrogen-bond donors (Lipinski definition) is 2. The molecule has 2 aromatic carbocycles. The summed E-state index contributed by atoms with van der Waals surface area (Å²) in [6, 6.07) is 18.2. The summed E-state index contributed by atoms with van der Waals surface area (Å²) in [4.78, 5) is 29.6. The van der Waals surface area contributed by atoms with Crippen molar-refractivity contribution in [3.05, 3.63) is 84.7 Å². The Hall–Kier alpha value is -4.88. The van der Waals surface area contributed by atoms with E-state index in [-0.39, 0.29) is 0 Å². The number of nitrogens with zero attached hydrogens (tertiary/aromatic N) is 8. The molecule has 0 unspecified atom stereocenters. The third-order valence-electron chi connectivity index (χ3n) is 8.81. The Morgan fingerprint density at radius 2 is 1.12 bits per heavy atom. The maximum Gasteiger partial charge on any atom is 0.407 e. The first-order valence-corrected chi connectivity index (χ1v) is 26.8. The third-order valence-corrected chi connectivity index (χ3v) is 12.2. The standard InChI is InChI=1S/C23H33N5O3Si.C18H25N5OSi/c1-23(2,3)31-22(29)24-13-17-7-9-18(10-8-17)20-19-14-27-28(21(19)26-15-25-20)16-30-11-12-32(4,5)6;1-25(2,3)9-8-24-13-23-18-16(11-22-23)17(20-12-21-18)15-6-4-14(10-19)5-7-15/h7-10,14-15H,11-13,16H2,1-6H3,(H,24,29);4-7,11-12H,8-10,13,19H2,1-3H3. The first kappa shape index (κ1) is 43.3. The van der Waals surface area contributed by atoms with Crippen LogP contribution in [0, 0.1) is 0 Å². The van der Waals surface area contributed by atoms with Crippen molar-refractivity contribution in [2.45, 2.75) is 104 Å². The van der Waals surface area contributed by atoms with Crippen molar-refractivity contribution in [2.24, 2.45) is 5.73 Å². The van der Waals surface area contributed by atoms with Crippen LogP contribution >= 0.6 is 0 Å². The van der Waals surface area contributed by atoms with Gasteiger partial charge in [0.1, 0.15) is 31.7 Å². The van der Waals surface area contributed by atoms with Crippen LogP contribution in [0.4, 0.5) is 4.79 Å². The Morgan fingerprint density at radius 3 is 1.53 bits per heavy atom. The van der Waals surface area contributed by atoms with Crippen LogP contribution in [-0.4, -0.2) is 80.6 Å². The van der Waals surface area contributed by atoms with Gasteiger partial charge in [-0.3, -0.25) is 0 Å². The lowest BCUT2D eigenvalue weighted by Gasteiger charge is -2.19. The zero-order valence-electron chi connectivity index (χ0n) is 34.9. The summed E-state index contributed by atoms with van der Waals surface area (Å²) < 4.78 is 20.5. The van der Waals surface area contributed by atoms with E-state index in [1.54, 1.807) is 28.2 Å². The van der Waals surface area contributed by atoms with E-state index < -0.39 is 27.8 Å². The number of fused-ring (bicyclic) bond motifs is 2. The number of amides is 1. The summed E-state index contributed by atoms with van der Waals surface area (Å²) in [5.74, 6) is 0. The quantitative estimate of drug-likeness (QED) is 0.0759. The number of nitrogens with one attached hydrogen (secondary N) is 1. The SMILES string of the molecule is CC(C)(C)OC(=O)NCc1ccc(-c2ncnc3c2cnn3COCC[Si](C)(C)C)cc1.C[Si](C)(C)CCOCn1ncc2c(-c3ccc(CN)cc3)ncnc21. The molecule has 304 valence electrons. The number of nitrogens with two attached hydrogens (primary N) is 1. The van der Waals surface area contributed by atoms with Crippen molar-refractivity contribution < 1.29 is 19.0 Å². The van der Waals surface area contributed by atoms with Crippen LogP contribution in [0.3, 0.4) is 0 Å². The average Bonchev–Trinajstić information content (AvgIpc) is 3.77. The largest absolute Gasteiger partial charge is 0.444 e. The molecule has 14 nitrogen and oxygen atoms in total. The van der Waals surface area contributed by atoms with Gasteiger partial charge in [0.05, 0.1) is 34.6 Å². The van der Waals surface area contributed by atoms with Gasteiger partial charge in [-0.25, -0.2) is 34.1 Å². The van der Waals surface area contributed by atoms with Crippen LogP contribution in [0.2, 0.25) is 51.4 Å². The predicted molar refractivity (Wildman–Crippen MR) is 231 cm³/mol. The molecule has 3 N–H and O–H groups in total. The number of aromatic nitrogens is 8. The van der Waals surface area contributed by atoms with Gasteiger partial charge in [0.2, 0.25) is 0 Å². The van der Waals surface area contributed by atoms with Gasteiger partial charge in [0.15, 0.2) is 11.3 Å². The van der Waals surface area contributed by atoms with Crippen molar-refractivity contribution in [3.8, 4) is 22.5 Å². The van der Waals surface area contributed by atoms with Gasteiger partial charge < -0.3 is 25.3 Å². The number of hydrogen-bond acceptors (Lipinski definition) is 11. The molecule has 0 radical (unpaired) electrons. The third kappa shape index (κ3) is 13.1. The highest BCUT2D eigenvalue weighted by Gasteiger charge is 2.18. The van der Waals surface area contributed by atoms with Crippen LogP contribution in [0.15, 0.2) is 73.6 Å². The lowest BCUT2D eigenvalue weighted by atomic mass is 10.1. The van der Waals surface area contributed by atoms with E-state index >= 15 is 0 Å². The molecule has 0 fully saturated rings. The molecular weight excluding hydrogens is 753 g/mol. The summed E-state index contributed by atoms with van der Waals surface area (Å²) in [6.45, 7) is 22.7. The number of alkyl carbamates (subject to hydrolysis) is 1. The van der Waals surface area contributed by atoms with E-state index in [0.717, 1.165) is 81.0 Å². The van der Waals surface area contributed by atoms with E-state index in [4.69, 9.17) is 19.9 Å². The second-order valence-electron chi connectivity index (χ2n) is 17.4. The van der Waals surface area contributed by atoms with Gasteiger partial charge in [-0.15, -0.1) is 0 Å². The fourth-order valence-electron chi connectivity index (χ4n) is 5.56. The predicted octanol–water partition coefficient (Wildman–Crippen LogP) is 8.09. The molecule has 0 saturated carbocycles. The highest BCUT2D eigenvalue weighted by molar-refractivity contribution is 6.76. The number of rotatable bonds is 15. The molecule has 0 saturated heterocycles. The summed E-state index contributed by atoms with van der Waals surface area (Å²) >= 11 is 0. The molecule has 0 aliphatic rings. The lowest BCUT2D eigenvalue weighted by Crippen LogP contribution is -2.32. The smallest absolute Gasteiger partial charge is 0.407 e. The Bertz CT molecular complexity index is 2200. The molecule has 6 rings (SSSR count). The van der Waals surface area contributed by atoms with Gasteiger partial charge in [-0.05, 0) is 44.0 Å². The zero-order valence-corrected chi connectivity index (χ0v) is 36.9. The maximum atomic E-state index is 11.8. The fraction of sp³-hybridized carbons (Fsp3) is 0.439. The van der Waals surface area contributed by atoms with Crippen LogP contribution in [-0.2, 0) is 40.8 Å². The Kier molecular flexibility index (Phi) is 14.5. The highest BCUT2D eigenvalue weighted by Crippen LogP contribution is 2.27. The van der Waals surface area contributed by atoms with Crippen molar-refractivity contribution in [3.63, 3.8) is 0 Å². The number of ether oxygens (including phenoxy) is 3. The normalized spacial score (nSPS) is 12.1. The Balaban J connectivity index is 0.000000224. The maximum absolute atomic E-state index is 11.8. The topological polar surface area (TPSA) is 170 Å². The first-order valence-electron chi connectivity index (χ1n) is 19.3. The number of carbonyl (C=O) groups is 1. The molecule has 0 atom stereocenters. The first-order chi connectivity index (χ1) is 27.0. The van der Waals surface area contributed by atoms with E-state index in [2.05, 4.69) is 74.7 Å². The summed E-state index contributed by atoms with van der Waals surface area (Å²) in [5.41, 5.74) is 12.4. The van der Waals surface area contributed by atoms with Crippen LogP contribution in [0.5, 0.6) is 0 Å². The van der Waals surface area contributed by atoms with Gasteiger partial charge in [-0.1, -0.05) is 87.8 Å². The summed E-state index contributed by atoms with van der Waals surface area (Å²) in [5, 5.41) is 13.5. The minimum atomic E-state index is -1.12. The van der Waals surface area contributed by atoms with Crippen LogP contribution < -0.4 is 11.1 Å². The molecule has 6 aromatic rings. The molecule has 16 heteroatoms. The summed E-state index contributed by atoms with van der Waals surface area (Å²) in [6.07, 6.45) is 6.29. The lowest BCUT2D eigenvalue weighted by molar-refractivity contribution is 0.0523. The van der Waals surface area contributed by atoms with E-state index in [9.17, 15) is 4.79 Å². The van der Waals surface area contributed by atoms with Crippen LogP contribution in [0.1, 0.15) is 31.9 Å². The van der Waals surface area contributed by atoms with Gasteiger partial charge in [0, 0.05) is 53.6 Å². The van der Waals surface area contributed by atoms with E-state index in [1.807, 2.05) is 75.5 Å². The molecule has 0 bridgehead atoms. The number of benzene rings is 2. The minimum absolute atomic E-state index is 0.375. The Labute approximate surface area is 337 Å². The second-order valence-corrected chi connectivity index (χ2v) is 28.6. The molecule has 4 aromatic heterocycles. The zero-order chi connectivity index (χ0) is 41.2. The van der Waals surface area contributed by atoms with Crippen molar-refractivity contribution in [1.29, 1.82) is 0 Å². The minimum Gasteiger partial charge on any atom is -0.444 e. The van der Waals surface area contributed by atoms with E-state index in [0.29, 0.717) is 26.6 Å². The molecule has 1 amide bonds. The molecule has 0 aliphatic heterocycles. The van der Waals surface area contributed by atoms with E-state index in [1.165, 1.54) is 0 Å². The molecule has 0 aliphatic carbocycles. The summed E-state index contributed by atoms with van der Waals surface area (Å²) in [7, 11) is -2.21. The van der Waals surface area contributed by atoms with Crippen molar-refractivity contribution >= 4 is 44.3 Å². The molecule has 0 spiro atoms. The monoisotopic (exact) mass is 810 g/mol. The Morgan fingerprint density at radius 1 is 0.684 bits per heavy atom. The second kappa shape index (κ2) is 19.0. The van der Waals surface area contributed by atoms with Crippen LogP contribution in [0.25, 0.3) is 44.6 Å². The van der Waals surface area contributed by atoms with Gasteiger partial charge in [-0.2, -0.15) is 10.2 Å². The molecule has 4 heterocycles. The molecule has 57 heavy (non-hydrogen) atoms. The fourth-order valence-corrected chi connectivity index (χ4v) is 7.07. The molecular formula is C41H58N10O4Si2. The average molecular weight is 811 g/mol. The van der Waals surface area contributed by atoms with Crippen molar-refractivity contribution in [1.82, 2.24) is 44.8 Å². The highest BCUT2D eigenvalue weighted by atomic mass is 28.3. The van der Waals surface area contributed by atoms with Gasteiger partial charge >= 0.3 is 6.09 Å².